The minimum Gasteiger partial charge on any atom is -0.347 e. The maximum atomic E-state index is 13.0. The number of aryl methyl sites for hydroxylation is 1. The lowest BCUT2D eigenvalue weighted by atomic mass is 10.1. The Kier molecular flexibility index (Phi) is 3.35. The molecule has 0 radical (unpaired) electrons. The highest BCUT2D eigenvalue weighted by atomic mass is 32.2. The number of hydrogen-bond acceptors (Lipinski definition) is 3. The van der Waals surface area contributed by atoms with Gasteiger partial charge in [-0.2, -0.15) is 4.31 Å². The number of benzene rings is 1. The summed E-state index contributed by atoms with van der Waals surface area (Å²) in [5.74, 6) is 0.190. The number of hydrogen-bond donors (Lipinski definition) is 1. The predicted octanol–water partition coefficient (Wildman–Crippen LogP) is 1.45. The summed E-state index contributed by atoms with van der Waals surface area (Å²) in [6.45, 7) is 4.74. The van der Waals surface area contributed by atoms with Gasteiger partial charge in [0.05, 0.1) is 0 Å². The van der Waals surface area contributed by atoms with Crippen LogP contribution in [0.15, 0.2) is 29.2 Å². The number of aromatic nitrogens is 1. The third-order valence-corrected chi connectivity index (χ3v) is 6.59. The summed E-state index contributed by atoms with van der Waals surface area (Å²) in [4.78, 5) is 0.418. The van der Waals surface area contributed by atoms with E-state index in [9.17, 15) is 8.42 Å². The van der Waals surface area contributed by atoms with Gasteiger partial charge in [-0.05, 0) is 18.9 Å². The van der Waals surface area contributed by atoms with Crippen molar-refractivity contribution in [3.63, 3.8) is 0 Å². The molecule has 0 bridgehead atoms. The summed E-state index contributed by atoms with van der Waals surface area (Å²) >= 11 is 0. The standard InChI is InChI=1S/C15H21N3O2S/c1-10-8-18(9-13(10)16)21(19,20)15-11(2)17(3)14-7-5-4-6-12(14)15/h4-7,10,13H,8-9,16H2,1-3H3. The lowest BCUT2D eigenvalue weighted by Gasteiger charge is -2.16. The van der Waals surface area contributed by atoms with Crippen molar-refractivity contribution in [2.24, 2.45) is 18.7 Å². The van der Waals surface area contributed by atoms with Crippen molar-refractivity contribution in [2.45, 2.75) is 24.8 Å². The van der Waals surface area contributed by atoms with Crippen LogP contribution in [0.1, 0.15) is 12.6 Å². The maximum Gasteiger partial charge on any atom is 0.245 e. The highest BCUT2D eigenvalue weighted by molar-refractivity contribution is 7.89. The molecule has 0 amide bonds. The monoisotopic (exact) mass is 307 g/mol. The van der Waals surface area contributed by atoms with E-state index < -0.39 is 10.0 Å². The predicted molar refractivity (Wildman–Crippen MR) is 83.6 cm³/mol. The first-order valence-corrected chi connectivity index (χ1v) is 8.57. The Labute approximate surface area is 125 Å². The summed E-state index contributed by atoms with van der Waals surface area (Å²) < 4.78 is 29.5. The molecule has 114 valence electrons. The molecule has 2 atom stereocenters. The smallest absolute Gasteiger partial charge is 0.245 e. The fourth-order valence-corrected chi connectivity index (χ4v) is 5.10. The van der Waals surface area contributed by atoms with Gasteiger partial charge in [0, 0.05) is 42.8 Å². The van der Waals surface area contributed by atoms with E-state index in [0.29, 0.717) is 18.0 Å². The maximum absolute atomic E-state index is 13.0. The van der Waals surface area contributed by atoms with Crippen molar-refractivity contribution in [3.05, 3.63) is 30.0 Å². The van der Waals surface area contributed by atoms with Gasteiger partial charge in [-0.3, -0.25) is 0 Å². The molecule has 1 saturated heterocycles. The number of nitrogens with two attached hydrogens (primary N) is 1. The van der Waals surface area contributed by atoms with E-state index in [2.05, 4.69) is 0 Å². The fraction of sp³-hybridized carbons (Fsp3) is 0.467. The molecule has 2 aromatic rings. The Morgan fingerprint density at radius 3 is 2.52 bits per heavy atom. The minimum atomic E-state index is -3.51. The average Bonchev–Trinajstić information content (AvgIpc) is 2.91. The van der Waals surface area contributed by atoms with Crippen LogP contribution >= 0.6 is 0 Å². The second-order valence-corrected chi connectivity index (χ2v) is 7.83. The molecule has 1 aromatic heterocycles. The van der Waals surface area contributed by atoms with Crippen molar-refractivity contribution < 1.29 is 8.42 Å². The average molecular weight is 307 g/mol. The van der Waals surface area contributed by atoms with Crippen molar-refractivity contribution >= 4 is 20.9 Å². The molecule has 1 aliphatic rings. The molecule has 0 saturated carbocycles. The van der Waals surface area contributed by atoms with E-state index in [-0.39, 0.29) is 12.0 Å². The molecule has 21 heavy (non-hydrogen) atoms. The largest absolute Gasteiger partial charge is 0.347 e. The Morgan fingerprint density at radius 2 is 1.90 bits per heavy atom. The van der Waals surface area contributed by atoms with Crippen molar-refractivity contribution in [1.29, 1.82) is 0 Å². The zero-order chi connectivity index (χ0) is 15.4. The van der Waals surface area contributed by atoms with Gasteiger partial charge in [0.25, 0.3) is 0 Å². The number of rotatable bonds is 2. The van der Waals surface area contributed by atoms with E-state index in [1.807, 2.05) is 49.7 Å². The Balaban J connectivity index is 2.18. The van der Waals surface area contributed by atoms with Crippen LogP contribution in [0.5, 0.6) is 0 Å². The number of sulfonamides is 1. The summed E-state index contributed by atoms with van der Waals surface area (Å²) in [6.07, 6.45) is 0. The van der Waals surface area contributed by atoms with E-state index in [1.54, 1.807) is 0 Å². The molecule has 2 heterocycles. The van der Waals surface area contributed by atoms with E-state index in [4.69, 9.17) is 5.73 Å². The van der Waals surface area contributed by atoms with Gasteiger partial charge in [0.2, 0.25) is 10.0 Å². The fourth-order valence-electron chi connectivity index (χ4n) is 3.08. The van der Waals surface area contributed by atoms with E-state index in [1.165, 1.54) is 4.31 Å². The molecule has 5 nitrogen and oxygen atoms in total. The van der Waals surface area contributed by atoms with Gasteiger partial charge in [-0.25, -0.2) is 8.42 Å². The first-order valence-electron chi connectivity index (χ1n) is 7.13. The third kappa shape index (κ3) is 2.09. The highest BCUT2D eigenvalue weighted by Gasteiger charge is 2.37. The topological polar surface area (TPSA) is 68.3 Å². The lowest BCUT2D eigenvalue weighted by molar-refractivity contribution is 0.464. The molecule has 1 aliphatic heterocycles. The second-order valence-electron chi connectivity index (χ2n) is 5.95. The SMILES string of the molecule is Cc1c(S(=O)(=O)N2CC(C)C(N)C2)c2ccccc2n1C. The summed E-state index contributed by atoms with van der Waals surface area (Å²) in [5, 5.41) is 0.783. The normalized spacial score (nSPS) is 24.0. The van der Waals surface area contributed by atoms with Crippen LogP contribution in [-0.2, 0) is 17.1 Å². The van der Waals surface area contributed by atoms with Gasteiger partial charge in [-0.15, -0.1) is 0 Å². The molecule has 0 spiro atoms. The molecular weight excluding hydrogens is 286 g/mol. The molecule has 1 fully saturated rings. The van der Waals surface area contributed by atoms with Crippen LogP contribution in [0.4, 0.5) is 0 Å². The Bertz CT molecular complexity index is 785. The van der Waals surface area contributed by atoms with Crippen LogP contribution in [0.3, 0.4) is 0 Å². The first-order chi connectivity index (χ1) is 9.84. The lowest BCUT2D eigenvalue weighted by Crippen LogP contribution is -2.32. The summed E-state index contributed by atoms with van der Waals surface area (Å²) in [5.41, 5.74) is 7.69. The number of nitrogens with zero attached hydrogens (tertiary/aromatic N) is 2. The summed E-state index contributed by atoms with van der Waals surface area (Å²) in [7, 11) is -1.61. The van der Waals surface area contributed by atoms with Crippen LogP contribution in [0.2, 0.25) is 0 Å². The molecule has 2 N–H and O–H groups in total. The van der Waals surface area contributed by atoms with E-state index >= 15 is 0 Å². The number of fused-ring (bicyclic) bond motifs is 1. The first kappa shape index (κ1) is 14.6. The Hall–Kier alpha value is -1.37. The van der Waals surface area contributed by atoms with Crippen LogP contribution in [0.25, 0.3) is 10.9 Å². The van der Waals surface area contributed by atoms with Crippen molar-refractivity contribution in [3.8, 4) is 0 Å². The van der Waals surface area contributed by atoms with Gasteiger partial charge in [-0.1, -0.05) is 25.1 Å². The summed E-state index contributed by atoms with van der Waals surface area (Å²) in [6, 6.07) is 7.52. The zero-order valence-corrected chi connectivity index (χ0v) is 13.4. The van der Waals surface area contributed by atoms with Gasteiger partial charge in [0.1, 0.15) is 4.90 Å². The van der Waals surface area contributed by atoms with Gasteiger partial charge >= 0.3 is 0 Å². The minimum absolute atomic E-state index is 0.0879. The quantitative estimate of drug-likeness (QED) is 0.913. The van der Waals surface area contributed by atoms with Gasteiger partial charge in [0.15, 0.2) is 0 Å². The Morgan fingerprint density at radius 1 is 1.24 bits per heavy atom. The van der Waals surface area contributed by atoms with Crippen molar-refractivity contribution in [1.82, 2.24) is 8.87 Å². The molecule has 3 rings (SSSR count). The molecular formula is C15H21N3O2S. The second kappa shape index (κ2) is 4.83. The molecule has 6 heteroatoms. The third-order valence-electron chi connectivity index (χ3n) is 4.58. The van der Waals surface area contributed by atoms with E-state index in [0.717, 1.165) is 16.6 Å². The molecule has 0 aliphatic carbocycles. The van der Waals surface area contributed by atoms with Crippen LogP contribution in [0, 0.1) is 12.8 Å². The van der Waals surface area contributed by atoms with Crippen molar-refractivity contribution in [2.75, 3.05) is 13.1 Å². The highest BCUT2D eigenvalue weighted by Crippen LogP contribution is 2.33. The van der Waals surface area contributed by atoms with Crippen LogP contribution < -0.4 is 5.73 Å². The molecule has 2 unspecified atom stereocenters. The zero-order valence-electron chi connectivity index (χ0n) is 12.6. The number of para-hydroxylation sites is 1. The van der Waals surface area contributed by atoms with Crippen LogP contribution in [-0.4, -0.2) is 36.4 Å². The van der Waals surface area contributed by atoms with Gasteiger partial charge < -0.3 is 10.3 Å². The molecule has 1 aromatic carbocycles.